The first-order valence-electron chi connectivity index (χ1n) is 9.86. The van der Waals surface area contributed by atoms with Gasteiger partial charge in [-0.2, -0.15) is 0 Å². The van der Waals surface area contributed by atoms with Crippen LogP contribution in [0.1, 0.15) is 55.8 Å². The van der Waals surface area contributed by atoms with Gasteiger partial charge in [0.05, 0.1) is 45.0 Å². The summed E-state index contributed by atoms with van der Waals surface area (Å²) in [6.07, 6.45) is 7.67. The molecular formula is C21H32NO3+. The standard InChI is InChI=1S/C21H32NO3/c1-3-24-19-11-9-18(10-12-19)21(23)25-16-13-17-7-6-15-22(2)14-5-4-8-20(17)22/h9-12,17,20H,3-8,13-16H2,1-2H3/q+1/t17-,20-,22?/m1/s1. The van der Waals surface area contributed by atoms with Gasteiger partial charge in [0.25, 0.3) is 0 Å². The first-order chi connectivity index (χ1) is 12.1. The Hall–Kier alpha value is -1.55. The lowest BCUT2D eigenvalue weighted by atomic mass is 9.80. The molecule has 0 N–H and O–H groups in total. The van der Waals surface area contributed by atoms with Crippen molar-refractivity contribution in [2.75, 3.05) is 33.4 Å². The maximum Gasteiger partial charge on any atom is 0.338 e. The first-order valence-corrected chi connectivity index (χ1v) is 9.86. The molecule has 0 radical (unpaired) electrons. The van der Waals surface area contributed by atoms with E-state index in [1.165, 1.54) is 49.7 Å². The fourth-order valence-electron chi connectivity index (χ4n) is 4.81. The van der Waals surface area contributed by atoms with Crippen molar-refractivity contribution in [2.45, 2.75) is 51.5 Å². The zero-order chi connectivity index (χ0) is 17.7. The van der Waals surface area contributed by atoms with Gasteiger partial charge in [0.2, 0.25) is 0 Å². The Kier molecular flexibility index (Phi) is 6.00. The normalized spacial score (nSPS) is 28.9. The van der Waals surface area contributed by atoms with E-state index in [4.69, 9.17) is 9.47 Å². The number of quaternary nitrogens is 1. The van der Waals surface area contributed by atoms with Gasteiger partial charge in [-0.05, 0) is 69.7 Å². The lowest BCUT2D eigenvalue weighted by Gasteiger charge is -2.51. The van der Waals surface area contributed by atoms with Crippen LogP contribution in [0, 0.1) is 5.92 Å². The number of benzene rings is 1. The van der Waals surface area contributed by atoms with Gasteiger partial charge in [-0.15, -0.1) is 0 Å². The summed E-state index contributed by atoms with van der Waals surface area (Å²) in [4.78, 5) is 12.2. The fourth-order valence-corrected chi connectivity index (χ4v) is 4.81. The molecule has 4 nitrogen and oxygen atoms in total. The van der Waals surface area contributed by atoms with Crippen LogP contribution >= 0.6 is 0 Å². The van der Waals surface area contributed by atoms with Gasteiger partial charge in [-0.25, -0.2) is 4.79 Å². The van der Waals surface area contributed by atoms with Gasteiger partial charge in [0.1, 0.15) is 5.75 Å². The second-order valence-electron chi connectivity index (χ2n) is 7.77. The van der Waals surface area contributed by atoms with E-state index in [9.17, 15) is 4.79 Å². The summed E-state index contributed by atoms with van der Waals surface area (Å²) in [5.74, 6) is 1.27. The first kappa shape index (κ1) is 18.2. The molecule has 2 aliphatic rings. The lowest BCUT2D eigenvalue weighted by Crippen LogP contribution is -2.60. The smallest absolute Gasteiger partial charge is 0.338 e. The van der Waals surface area contributed by atoms with Crippen LogP contribution in [-0.2, 0) is 4.74 Å². The molecule has 4 heteroatoms. The number of piperidine rings is 2. The van der Waals surface area contributed by atoms with Crippen LogP contribution in [0.5, 0.6) is 5.75 Å². The molecule has 3 atom stereocenters. The molecule has 1 unspecified atom stereocenters. The summed E-state index contributed by atoms with van der Waals surface area (Å²) in [5, 5.41) is 0. The molecule has 0 spiro atoms. The van der Waals surface area contributed by atoms with E-state index in [-0.39, 0.29) is 5.97 Å². The number of hydrogen-bond acceptors (Lipinski definition) is 3. The topological polar surface area (TPSA) is 35.5 Å². The molecule has 1 aromatic rings. The van der Waals surface area contributed by atoms with Crippen LogP contribution in [-0.4, -0.2) is 49.8 Å². The molecule has 1 aromatic carbocycles. The number of ether oxygens (including phenoxy) is 2. The minimum absolute atomic E-state index is 0.222. The van der Waals surface area contributed by atoms with Crippen LogP contribution in [0.3, 0.4) is 0 Å². The zero-order valence-corrected chi connectivity index (χ0v) is 15.7. The van der Waals surface area contributed by atoms with Crippen LogP contribution in [0.25, 0.3) is 0 Å². The molecule has 2 fully saturated rings. The Morgan fingerprint density at radius 3 is 2.64 bits per heavy atom. The lowest BCUT2D eigenvalue weighted by molar-refractivity contribution is -0.947. The SMILES string of the molecule is CCOc1ccc(C(=O)OCC[C@H]2CCC[N+]3(C)CCCC[C@H]23)cc1. The van der Waals surface area contributed by atoms with Crippen LogP contribution in [0.2, 0.25) is 0 Å². The Morgan fingerprint density at radius 2 is 1.88 bits per heavy atom. The fraction of sp³-hybridized carbons (Fsp3) is 0.667. The predicted molar refractivity (Wildman–Crippen MR) is 98.8 cm³/mol. The van der Waals surface area contributed by atoms with E-state index in [1.54, 1.807) is 12.1 Å². The quantitative estimate of drug-likeness (QED) is 0.576. The number of hydrogen-bond donors (Lipinski definition) is 0. The highest BCUT2D eigenvalue weighted by atomic mass is 16.5. The molecule has 138 valence electrons. The minimum Gasteiger partial charge on any atom is -0.494 e. The van der Waals surface area contributed by atoms with E-state index < -0.39 is 0 Å². The summed E-state index contributed by atoms with van der Waals surface area (Å²) in [6, 6.07) is 7.98. The number of nitrogens with zero attached hydrogens (tertiary/aromatic N) is 1. The van der Waals surface area contributed by atoms with Gasteiger partial charge in [0, 0.05) is 5.92 Å². The van der Waals surface area contributed by atoms with E-state index >= 15 is 0 Å². The number of esters is 1. The van der Waals surface area contributed by atoms with Crippen molar-refractivity contribution in [2.24, 2.45) is 5.92 Å². The molecule has 3 rings (SSSR count). The molecule has 2 heterocycles. The second kappa shape index (κ2) is 8.22. The monoisotopic (exact) mass is 346 g/mol. The molecular weight excluding hydrogens is 314 g/mol. The molecule has 2 aliphatic heterocycles. The largest absolute Gasteiger partial charge is 0.494 e. The molecule has 0 amide bonds. The van der Waals surface area contributed by atoms with Crippen LogP contribution in [0.15, 0.2) is 24.3 Å². The van der Waals surface area contributed by atoms with Gasteiger partial charge in [-0.1, -0.05) is 0 Å². The Morgan fingerprint density at radius 1 is 1.12 bits per heavy atom. The molecule has 25 heavy (non-hydrogen) atoms. The Balaban J connectivity index is 1.49. The van der Waals surface area contributed by atoms with E-state index in [1.807, 2.05) is 19.1 Å². The van der Waals surface area contributed by atoms with Gasteiger partial charge in [-0.3, -0.25) is 0 Å². The number of carbonyl (C=O) groups is 1. The van der Waals surface area contributed by atoms with Crippen molar-refractivity contribution in [3.63, 3.8) is 0 Å². The average Bonchev–Trinajstić information content (AvgIpc) is 2.62. The molecule has 2 saturated heterocycles. The van der Waals surface area contributed by atoms with Crippen molar-refractivity contribution in [1.29, 1.82) is 0 Å². The third-order valence-electron chi connectivity index (χ3n) is 6.13. The van der Waals surface area contributed by atoms with Crippen molar-refractivity contribution in [3.05, 3.63) is 29.8 Å². The van der Waals surface area contributed by atoms with E-state index in [0.29, 0.717) is 24.7 Å². The highest BCUT2D eigenvalue weighted by molar-refractivity contribution is 5.89. The van der Waals surface area contributed by atoms with E-state index in [2.05, 4.69) is 7.05 Å². The van der Waals surface area contributed by atoms with Gasteiger partial charge < -0.3 is 14.0 Å². The van der Waals surface area contributed by atoms with Crippen molar-refractivity contribution < 1.29 is 18.8 Å². The Bertz CT molecular complexity index is 567. The summed E-state index contributed by atoms with van der Waals surface area (Å²) in [6.45, 7) is 5.76. The highest BCUT2D eigenvalue weighted by Gasteiger charge is 2.43. The summed E-state index contributed by atoms with van der Waals surface area (Å²) in [5.41, 5.74) is 0.602. The predicted octanol–water partition coefficient (Wildman–Crippen LogP) is 4.04. The zero-order valence-electron chi connectivity index (χ0n) is 15.7. The minimum atomic E-state index is -0.222. The Labute approximate surface area is 151 Å². The van der Waals surface area contributed by atoms with Crippen LogP contribution < -0.4 is 4.74 Å². The number of rotatable bonds is 6. The van der Waals surface area contributed by atoms with Gasteiger partial charge in [0.15, 0.2) is 0 Å². The van der Waals surface area contributed by atoms with Gasteiger partial charge >= 0.3 is 5.97 Å². The molecule has 0 aromatic heterocycles. The average molecular weight is 346 g/mol. The second-order valence-corrected chi connectivity index (χ2v) is 7.77. The third kappa shape index (κ3) is 4.35. The molecule has 0 aliphatic carbocycles. The van der Waals surface area contributed by atoms with Crippen molar-refractivity contribution >= 4 is 5.97 Å². The summed E-state index contributed by atoms with van der Waals surface area (Å²) in [7, 11) is 2.43. The maximum absolute atomic E-state index is 12.2. The van der Waals surface area contributed by atoms with E-state index in [0.717, 1.165) is 18.2 Å². The highest BCUT2D eigenvalue weighted by Crippen LogP contribution is 2.37. The molecule has 0 bridgehead atoms. The number of fused-ring (bicyclic) bond motifs is 1. The number of carbonyl (C=O) groups excluding carboxylic acids is 1. The molecule has 0 saturated carbocycles. The third-order valence-corrected chi connectivity index (χ3v) is 6.13. The summed E-state index contributed by atoms with van der Waals surface area (Å²) < 4.78 is 12.2. The van der Waals surface area contributed by atoms with Crippen LogP contribution in [0.4, 0.5) is 0 Å². The summed E-state index contributed by atoms with van der Waals surface area (Å²) >= 11 is 0. The van der Waals surface area contributed by atoms with Crippen molar-refractivity contribution in [1.82, 2.24) is 0 Å². The van der Waals surface area contributed by atoms with Crippen molar-refractivity contribution in [3.8, 4) is 5.75 Å². The maximum atomic E-state index is 12.2.